The molecular weight excluding hydrogens is 276 g/mol. The number of hydrogen-bond acceptors (Lipinski definition) is 4. The quantitative estimate of drug-likeness (QED) is 0.875. The molecular formula is C17H14N4O. The van der Waals surface area contributed by atoms with Gasteiger partial charge in [-0.15, -0.1) is 6.42 Å². The van der Waals surface area contributed by atoms with Crippen molar-refractivity contribution in [3.8, 4) is 18.4 Å². The van der Waals surface area contributed by atoms with Gasteiger partial charge in [-0.05, 0) is 30.3 Å². The van der Waals surface area contributed by atoms with E-state index < -0.39 is 0 Å². The molecule has 5 heteroatoms. The van der Waals surface area contributed by atoms with Crippen LogP contribution in [0, 0.1) is 23.7 Å². The number of nitrogens with zero attached hydrogens (tertiary/aromatic N) is 3. The molecule has 0 saturated carbocycles. The molecule has 0 aliphatic rings. The Labute approximate surface area is 129 Å². The molecule has 2 aromatic rings. The number of pyridine rings is 1. The van der Waals surface area contributed by atoms with Crippen LogP contribution in [0.25, 0.3) is 0 Å². The molecule has 22 heavy (non-hydrogen) atoms. The van der Waals surface area contributed by atoms with E-state index in [-0.39, 0.29) is 12.5 Å². The largest absolute Gasteiger partial charge is 0.364 e. The van der Waals surface area contributed by atoms with Gasteiger partial charge in [0, 0.05) is 18.3 Å². The molecule has 0 atom stereocenters. The van der Waals surface area contributed by atoms with Crippen molar-refractivity contribution in [3.05, 3.63) is 53.9 Å². The van der Waals surface area contributed by atoms with Gasteiger partial charge < -0.3 is 10.2 Å². The van der Waals surface area contributed by atoms with Crippen molar-refractivity contribution in [2.24, 2.45) is 0 Å². The smallest absolute Gasteiger partial charge is 0.243 e. The molecule has 2 rings (SSSR count). The van der Waals surface area contributed by atoms with E-state index in [0.717, 1.165) is 5.69 Å². The lowest BCUT2D eigenvalue weighted by Crippen LogP contribution is -2.30. The molecule has 1 aromatic heterocycles. The summed E-state index contributed by atoms with van der Waals surface area (Å²) < 4.78 is 0. The Balaban J connectivity index is 1.98. The number of rotatable bonds is 4. The van der Waals surface area contributed by atoms with Gasteiger partial charge in [-0.2, -0.15) is 5.26 Å². The predicted octanol–water partition coefficient (Wildman–Crippen LogP) is 2.01. The molecule has 0 saturated heterocycles. The first kappa shape index (κ1) is 15.1. The SMILES string of the molecule is C#Cc1cccc(NC(=O)CN(C)c2ccc(C#N)nc2)c1. The van der Waals surface area contributed by atoms with Crippen LogP contribution in [0.1, 0.15) is 11.3 Å². The van der Waals surface area contributed by atoms with Crippen LogP contribution >= 0.6 is 0 Å². The van der Waals surface area contributed by atoms with Crippen LogP contribution in [0.4, 0.5) is 11.4 Å². The van der Waals surface area contributed by atoms with E-state index in [4.69, 9.17) is 11.7 Å². The van der Waals surface area contributed by atoms with Crippen molar-refractivity contribution >= 4 is 17.3 Å². The van der Waals surface area contributed by atoms with E-state index >= 15 is 0 Å². The zero-order chi connectivity index (χ0) is 15.9. The molecule has 0 aliphatic carbocycles. The first-order chi connectivity index (χ1) is 10.6. The fourth-order valence-corrected chi connectivity index (χ4v) is 1.87. The molecule has 0 aliphatic heterocycles. The van der Waals surface area contributed by atoms with Gasteiger partial charge in [0.05, 0.1) is 18.4 Å². The van der Waals surface area contributed by atoms with Crippen LogP contribution < -0.4 is 10.2 Å². The summed E-state index contributed by atoms with van der Waals surface area (Å²) in [4.78, 5) is 17.8. The lowest BCUT2D eigenvalue weighted by molar-refractivity contribution is -0.114. The number of carbonyl (C=O) groups is 1. The third-order valence-corrected chi connectivity index (χ3v) is 3.00. The standard InChI is InChI=1S/C17H14N4O/c1-3-13-5-4-6-14(9-13)20-17(22)12-21(2)16-8-7-15(10-18)19-11-16/h1,4-9,11H,12H2,2H3,(H,20,22). The van der Waals surface area contributed by atoms with Gasteiger partial charge >= 0.3 is 0 Å². The molecule has 0 bridgehead atoms. The molecule has 1 heterocycles. The molecule has 5 nitrogen and oxygen atoms in total. The number of nitriles is 1. The first-order valence-electron chi connectivity index (χ1n) is 6.56. The fourth-order valence-electron chi connectivity index (χ4n) is 1.87. The summed E-state index contributed by atoms with van der Waals surface area (Å²) in [6.07, 6.45) is 6.89. The fraction of sp³-hybridized carbons (Fsp3) is 0.118. The molecule has 0 spiro atoms. The number of nitrogens with one attached hydrogen (secondary N) is 1. The van der Waals surface area contributed by atoms with Gasteiger partial charge in [0.2, 0.25) is 5.91 Å². The molecule has 0 unspecified atom stereocenters. The average molecular weight is 290 g/mol. The lowest BCUT2D eigenvalue weighted by atomic mass is 10.2. The maximum atomic E-state index is 12.0. The summed E-state index contributed by atoms with van der Waals surface area (Å²) >= 11 is 0. The van der Waals surface area contributed by atoms with Gasteiger partial charge in [0.1, 0.15) is 11.8 Å². The second-order valence-corrected chi connectivity index (χ2v) is 4.64. The highest BCUT2D eigenvalue weighted by Crippen LogP contribution is 2.12. The molecule has 0 fully saturated rings. The number of hydrogen-bond donors (Lipinski definition) is 1. The summed E-state index contributed by atoms with van der Waals surface area (Å²) in [5.74, 6) is 2.36. The molecule has 108 valence electrons. The summed E-state index contributed by atoms with van der Waals surface area (Å²) in [7, 11) is 1.78. The number of likely N-dealkylation sites (N-methyl/N-ethyl adjacent to an activating group) is 1. The number of amides is 1. The Morgan fingerprint density at radius 3 is 2.86 bits per heavy atom. The van der Waals surface area contributed by atoms with Gasteiger partial charge in [-0.1, -0.05) is 12.0 Å². The highest BCUT2D eigenvalue weighted by atomic mass is 16.2. The van der Waals surface area contributed by atoms with Crippen LogP contribution in [0.3, 0.4) is 0 Å². The summed E-state index contributed by atoms with van der Waals surface area (Å²) in [6, 6.07) is 12.4. The van der Waals surface area contributed by atoms with Crippen molar-refractivity contribution in [2.45, 2.75) is 0 Å². The molecule has 0 radical (unpaired) electrons. The third-order valence-electron chi connectivity index (χ3n) is 3.00. The minimum atomic E-state index is -0.166. The number of terminal acetylenes is 1. The van der Waals surface area contributed by atoms with E-state index in [9.17, 15) is 4.79 Å². The second-order valence-electron chi connectivity index (χ2n) is 4.64. The van der Waals surface area contributed by atoms with E-state index in [0.29, 0.717) is 16.9 Å². The number of benzene rings is 1. The Kier molecular flexibility index (Phi) is 4.74. The number of aromatic nitrogens is 1. The minimum Gasteiger partial charge on any atom is -0.364 e. The van der Waals surface area contributed by atoms with Gasteiger partial charge in [0.15, 0.2) is 0 Å². The normalized spacial score (nSPS) is 9.41. The Morgan fingerprint density at radius 2 is 2.23 bits per heavy atom. The zero-order valence-corrected chi connectivity index (χ0v) is 12.1. The van der Waals surface area contributed by atoms with Gasteiger partial charge in [-0.25, -0.2) is 4.98 Å². The van der Waals surface area contributed by atoms with Gasteiger partial charge in [-0.3, -0.25) is 4.79 Å². The van der Waals surface area contributed by atoms with E-state index in [2.05, 4.69) is 16.2 Å². The van der Waals surface area contributed by atoms with E-state index in [1.54, 1.807) is 54.5 Å². The molecule has 1 aromatic carbocycles. The molecule has 1 amide bonds. The number of anilines is 2. The third kappa shape index (κ3) is 3.84. The van der Waals surface area contributed by atoms with Gasteiger partial charge in [0.25, 0.3) is 0 Å². The summed E-state index contributed by atoms with van der Waals surface area (Å²) in [5.41, 5.74) is 2.47. The predicted molar refractivity (Wildman–Crippen MR) is 85.2 cm³/mol. The van der Waals surface area contributed by atoms with Crippen LogP contribution in [-0.4, -0.2) is 24.5 Å². The topological polar surface area (TPSA) is 69.0 Å². The van der Waals surface area contributed by atoms with Crippen molar-refractivity contribution in [1.82, 2.24) is 4.98 Å². The van der Waals surface area contributed by atoms with Crippen molar-refractivity contribution in [2.75, 3.05) is 23.8 Å². The summed E-state index contributed by atoms with van der Waals surface area (Å²) in [6.45, 7) is 0.161. The number of carbonyl (C=O) groups excluding carboxylic acids is 1. The highest BCUT2D eigenvalue weighted by Gasteiger charge is 2.08. The van der Waals surface area contributed by atoms with Crippen LogP contribution in [0.5, 0.6) is 0 Å². The van der Waals surface area contributed by atoms with Crippen molar-refractivity contribution < 1.29 is 4.79 Å². The highest BCUT2D eigenvalue weighted by molar-refractivity contribution is 5.94. The van der Waals surface area contributed by atoms with Crippen LogP contribution in [0.2, 0.25) is 0 Å². The van der Waals surface area contributed by atoms with Crippen molar-refractivity contribution in [1.29, 1.82) is 5.26 Å². The second kappa shape index (κ2) is 6.92. The van der Waals surface area contributed by atoms with Crippen molar-refractivity contribution in [3.63, 3.8) is 0 Å². The Morgan fingerprint density at radius 1 is 1.41 bits per heavy atom. The minimum absolute atomic E-state index is 0.161. The van der Waals surface area contributed by atoms with E-state index in [1.165, 1.54) is 0 Å². The summed E-state index contributed by atoms with van der Waals surface area (Å²) in [5, 5.41) is 11.5. The average Bonchev–Trinajstić information content (AvgIpc) is 2.55. The lowest BCUT2D eigenvalue weighted by Gasteiger charge is -2.18. The van der Waals surface area contributed by atoms with Crippen LogP contribution in [-0.2, 0) is 4.79 Å². The monoisotopic (exact) mass is 290 g/mol. The Hall–Kier alpha value is -3.31. The maximum absolute atomic E-state index is 12.0. The van der Waals surface area contributed by atoms with E-state index in [1.807, 2.05) is 6.07 Å². The zero-order valence-electron chi connectivity index (χ0n) is 12.1. The molecule has 1 N–H and O–H groups in total. The Bertz CT molecular complexity index is 753. The first-order valence-corrected chi connectivity index (χ1v) is 6.56. The maximum Gasteiger partial charge on any atom is 0.243 e. The van der Waals surface area contributed by atoms with Crippen LogP contribution in [0.15, 0.2) is 42.6 Å².